The molecular formula is C18H21FN6O2. The number of hydrogen-bond acceptors (Lipinski definition) is 4. The van der Waals surface area contributed by atoms with Crippen LogP contribution in [0.5, 0.6) is 0 Å². The minimum atomic E-state index is -0.504. The highest BCUT2D eigenvalue weighted by Crippen LogP contribution is 2.17. The quantitative estimate of drug-likeness (QED) is 0.860. The molecule has 1 aromatic carbocycles. The SMILES string of the molecule is O=C(NC1CCN(C(=O)c2ccccc2F)CC1)N1CCn2ncnc2C1. The van der Waals surface area contributed by atoms with Crippen LogP contribution in [0.2, 0.25) is 0 Å². The van der Waals surface area contributed by atoms with Gasteiger partial charge in [0.05, 0.1) is 18.7 Å². The van der Waals surface area contributed by atoms with Gasteiger partial charge in [0.2, 0.25) is 0 Å². The Balaban J connectivity index is 1.29. The third kappa shape index (κ3) is 3.62. The fraction of sp³-hybridized carbons (Fsp3) is 0.444. The summed E-state index contributed by atoms with van der Waals surface area (Å²) >= 11 is 0. The third-order valence-electron chi connectivity index (χ3n) is 5.11. The van der Waals surface area contributed by atoms with Crippen LogP contribution in [-0.4, -0.2) is 62.2 Å². The smallest absolute Gasteiger partial charge is 0.318 e. The Morgan fingerprint density at radius 1 is 1.07 bits per heavy atom. The molecule has 0 bridgehead atoms. The Hall–Kier alpha value is -2.97. The molecule has 142 valence electrons. The van der Waals surface area contributed by atoms with E-state index < -0.39 is 5.82 Å². The fourth-order valence-corrected chi connectivity index (χ4v) is 3.53. The lowest BCUT2D eigenvalue weighted by Gasteiger charge is -2.34. The first kappa shape index (κ1) is 17.4. The van der Waals surface area contributed by atoms with Crippen molar-refractivity contribution >= 4 is 11.9 Å². The molecule has 8 nitrogen and oxygen atoms in total. The number of nitrogens with zero attached hydrogens (tertiary/aromatic N) is 5. The molecule has 1 saturated heterocycles. The van der Waals surface area contributed by atoms with Crippen LogP contribution >= 0.6 is 0 Å². The summed E-state index contributed by atoms with van der Waals surface area (Å²) in [5.41, 5.74) is 0.0948. The number of piperidine rings is 1. The van der Waals surface area contributed by atoms with Crippen LogP contribution in [0.1, 0.15) is 29.0 Å². The van der Waals surface area contributed by atoms with Gasteiger partial charge >= 0.3 is 6.03 Å². The second-order valence-electron chi connectivity index (χ2n) is 6.82. The summed E-state index contributed by atoms with van der Waals surface area (Å²) in [5.74, 6) is -0.0224. The summed E-state index contributed by atoms with van der Waals surface area (Å²) < 4.78 is 15.6. The Morgan fingerprint density at radius 2 is 1.85 bits per heavy atom. The number of urea groups is 1. The van der Waals surface area contributed by atoms with Crippen molar-refractivity contribution in [1.82, 2.24) is 29.9 Å². The molecule has 0 saturated carbocycles. The average Bonchev–Trinajstić information content (AvgIpc) is 3.16. The molecule has 2 aliphatic rings. The summed E-state index contributed by atoms with van der Waals surface area (Å²) in [7, 11) is 0. The summed E-state index contributed by atoms with van der Waals surface area (Å²) in [6.07, 6.45) is 2.80. The predicted octanol–water partition coefficient (Wildman–Crippen LogP) is 1.25. The molecule has 3 heterocycles. The lowest BCUT2D eigenvalue weighted by molar-refractivity contribution is 0.0701. The Labute approximate surface area is 156 Å². The molecule has 0 atom stereocenters. The minimum Gasteiger partial charge on any atom is -0.338 e. The number of hydrogen-bond donors (Lipinski definition) is 1. The van der Waals surface area contributed by atoms with E-state index in [9.17, 15) is 14.0 Å². The first-order valence-electron chi connectivity index (χ1n) is 9.08. The monoisotopic (exact) mass is 372 g/mol. The lowest BCUT2D eigenvalue weighted by atomic mass is 10.0. The number of fused-ring (bicyclic) bond motifs is 1. The normalized spacial score (nSPS) is 17.5. The van der Waals surface area contributed by atoms with Gasteiger partial charge < -0.3 is 15.1 Å². The van der Waals surface area contributed by atoms with E-state index in [0.717, 1.165) is 5.82 Å². The number of halogens is 1. The third-order valence-corrected chi connectivity index (χ3v) is 5.11. The number of carbonyl (C=O) groups excluding carboxylic acids is 2. The van der Waals surface area contributed by atoms with Crippen LogP contribution < -0.4 is 5.32 Å². The van der Waals surface area contributed by atoms with E-state index in [-0.39, 0.29) is 23.5 Å². The fourth-order valence-electron chi connectivity index (χ4n) is 3.53. The molecule has 1 fully saturated rings. The number of benzene rings is 1. The standard InChI is InChI=1S/C18H21FN6O2/c19-15-4-2-1-3-14(15)17(26)23-7-5-13(6-8-23)22-18(27)24-9-10-25-16(11-24)20-12-21-25/h1-4,12-13H,5-11H2,(H,22,27). The molecule has 0 radical (unpaired) electrons. The highest BCUT2D eigenvalue weighted by molar-refractivity contribution is 5.94. The van der Waals surface area contributed by atoms with E-state index >= 15 is 0 Å². The van der Waals surface area contributed by atoms with E-state index in [1.54, 1.807) is 26.6 Å². The second-order valence-corrected chi connectivity index (χ2v) is 6.82. The zero-order valence-corrected chi connectivity index (χ0v) is 14.8. The Bertz CT molecular complexity index is 846. The number of aromatic nitrogens is 3. The van der Waals surface area contributed by atoms with Gasteiger partial charge in [-0.15, -0.1) is 0 Å². The van der Waals surface area contributed by atoms with Gasteiger partial charge in [-0.25, -0.2) is 18.9 Å². The van der Waals surface area contributed by atoms with E-state index in [4.69, 9.17) is 0 Å². The maximum absolute atomic E-state index is 13.8. The molecule has 2 aliphatic heterocycles. The maximum atomic E-state index is 13.8. The number of likely N-dealkylation sites (tertiary alicyclic amines) is 1. The Kier molecular flexibility index (Phi) is 4.74. The van der Waals surface area contributed by atoms with Crippen LogP contribution in [0.3, 0.4) is 0 Å². The van der Waals surface area contributed by atoms with Crippen molar-refractivity contribution in [3.8, 4) is 0 Å². The second kappa shape index (κ2) is 7.34. The van der Waals surface area contributed by atoms with E-state index in [2.05, 4.69) is 15.4 Å². The molecule has 2 aromatic rings. The van der Waals surface area contributed by atoms with Crippen LogP contribution in [-0.2, 0) is 13.1 Å². The summed E-state index contributed by atoms with van der Waals surface area (Å²) in [5, 5.41) is 7.14. The van der Waals surface area contributed by atoms with Crippen molar-refractivity contribution in [3.63, 3.8) is 0 Å². The van der Waals surface area contributed by atoms with Crippen LogP contribution in [0.4, 0.5) is 9.18 Å². The topological polar surface area (TPSA) is 83.4 Å². The first-order chi connectivity index (χ1) is 13.1. The van der Waals surface area contributed by atoms with E-state index in [1.807, 2.05) is 0 Å². The largest absolute Gasteiger partial charge is 0.338 e. The van der Waals surface area contributed by atoms with Crippen molar-refractivity contribution in [1.29, 1.82) is 0 Å². The molecular weight excluding hydrogens is 351 g/mol. The average molecular weight is 372 g/mol. The van der Waals surface area contributed by atoms with Crippen molar-refractivity contribution in [2.75, 3.05) is 19.6 Å². The first-order valence-corrected chi connectivity index (χ1v) is 9.08. The molecule has 0 unspecified atom stereocenters. The van der Waals surface area contributed by atoms with Gasteiger partial charge in [-0.3, -0.25) is 4.79 Å². The summed E-state index contributed by atoms with van der Waals surface area (Å²) in [6, 6.07) is 5.89. The van der Waals surface area contributed by atoms with Crippen LogP contribution in [0.15, 0.2) is 30.6 Å². The zero-order valence-electron chi connectivity index (χ0n) is 14.8. The van der Waals surface area contributed by atoms with Gasteiger partial charge in [0.1, 0.15) is 18.0 Å². The van der Waals surface area contributed by atoms with Gasteiger partial charge in [0.25, 0.3) is 5.91 Å². The van der Waals surface area contributed by atoms with Crippen LogP contribution in [0, 0.1) is 5.82 Å². The van der Waals surface area contributed by atoms with Crippen molar-refractivity contribution < 1.29 is 14.0 Å². The molecule has 9 heteroatoms. The van der Waals surface area contributed by atoms with Gasteiger partial charge in [-0.1, -0.05) is 12.1 Å². The lowest BCUT2D eigenvalue weighted by Crippen LogP contribution is -2.51. The molecule has 3 amide bonds. The van der Waals surface area contributed by atoms with Crippen molar-refractivity contribution in [2.45, 2.75) is 32.0 Å². The van der Waals surface area contributed by atoms with E-state index in [0.29, 0.717) is 45.6 Å². The van der Waals surface area contributed by atoms with Gasteiger partial charge in [-0.05, 0) is 25.0 Å². The Morgan fingerprint density at radius 3 is 2.63 bits per heavy atom. The molecule has 0 aliphatic carbocycles. The highest BCUT2D eigenvalue weighted by atomic mass is 19.1. The zero-order chi connectivity index (χ0) is 18.8. The predicted molar refractivity (Wildman–Crippen MR) is 94.3 cm³/mol. The summed E-state index contributed by atoms with van der Waals surface area (Å²) in [4.78, 5) is 32.5. The summed E-state index contributed by atoms with van der Waals surface area (Å²) in [6.45, 7) is 2.65. The van der Waals surface area contributed by atoms with E-state index in [1.165, 1.54) is 18.5 Å². The van der Waals surface area contributed by atoms with Crippen LogP contribution in [0.25, 0.3) is 0 Å². The molecule has 1 N–H and O–H groups in total. The van der Waals surface area contributed by atoms with Gasteiger partial charge in [0.15, 0.2) is 0 Å². The molecule has 1 aromatic heterocycles. The van der Waals surface area contributed by atoms with Gasteiger partial charge in [-0.2, -0.15) is 5.10 Å². The molecule has 27 heavy (non-hydrogen) atoms. The number of nitrogens with one attached hydrogen (secondary N) is 1. The number of carbonyl (C=O) groups is 2. The van der Waals surface area contributed by atoms with Crippen molar-refractivity contribution in [2.24, 2.45) is 0 Å². The number of amides is 3. The molecule has 4 rings (SSSR count). The van der Waals surface area contributed by atoms with Gasteiger partial charge in [0, 0.05) is 25.7 Å². The van der Waals surface area contributed by atoms with Crippen molar-refractivity contribution in [3.05, 3.63) is 47.8 Å². The number of rotatable bonds is 2. The maximum Gasteiger partial charge on any atom is 0.318 e. The highest BCUT2D eigenvalue weighted by Gasteiger charge is 2.28. The molecule has 0 spiro atoms. The minimum absolute atomic E-state index is 0.00182.